The first kappa shape index (κ1) is 22.4. The van der Waals surface area contributed by atoms with Gasteiger partial charge < -0.3 is 14.8 Å². The van der Waals surface area contributed by atoms with Crippen molar-refractivity contribution in [2.45, 2.75) is 20.0 Å². The van der Waals surface area contributed by atoms with Gasteiger partial charge in [0.25, 0.3) is 11.5 Å². The van der Waals surface area contributed by atoms with Gasteiger partial charge >= 0.3 is 5.97 Å². The first-order valence-electron chi connectivity index (χ1n) is 9.79. The van der Waals surface area contributed by atoms with Crippen molar-refractivity contribution in [3.05, 3.63) is 76.2 Å². The van der Waals surface area contributed by atoms with Crippen molar-refractivity contribution >= 4 is 17.6 Å². The van der Waals surface area contributed by atoms with Crippen molar-refractivity contribution < 1.29 is 19.1 Å². The zero-order valence-electron chi connectivity index (χ0n) is 17.9. The summed E-state index contributed by atoms with van der Waals surface area (Å²) in [4.78, 5) is 37.4. The third-order valence-electron chi connectivity index (χ3n) is 4.82. The summed E-state index contributed by atoms with van der Waals surface area (Å²) in [7, 11) is 1.71. The summed E-state index contributed by atoms with van der Waals surface area (Å²) < 4.78 is 13.5. The number of carbonyl (C=O) groups excluding carboxylic acids is 2. The standard InChI is InChI=1S/C23H22N4O5/c1-15-21(23(30)27(26(15)3)18-7-5-4-6-8-18)25-22(29)16(2)32-20(28)14-31-19-11-9-17(13-24)10-12-19/h4-12,16H,14H2,1-3H3,(H,25,29)/t16-/m1/s1. The van der Waals surface area contributed by atoms with E-state index in [0.29, 0.717) is 22.7 Å². The Morgan fingerprint density at radius 2 is 1.78 bits per heavy atom. The van der Waals surface area contributed by atoms with Crippen molar-refractivity contribution in [2.75, 3.05) is 11.9 Å². The molecule has 0 aliphatic heterocycles. The summed E-state index contributed by atoms with van der Waals surface area (Å²) in [5.74, 6) is -0.995. The van der Waals surface area contributed by atoms with Gasteiger partial charge in [0, 0.05) is 7.05 Å². The number of nitrogens with zero attached hydrogens (tertiary/aromatic N) is 3. The number of hydrogen-bond acceptors (Lipinski definition) is 6. The van der Waals surface area contributed by atoms with Crippen molar-refractivity contribution in [1.82, 2.24) is 9.36 Å². The second-order valence-corrected chi connectivity index (χ2v) is 6.98. The number of nitriles is 1. The second kappa shape index (κ2) is 9.66. The fourth-order valence-electron chi connectivity index (χ4n) is 2.99. The van der Waals surface area contributed by atoms with E-state index in [4.69, 9.17) is 14.7 Å². The van der Waals surface area contributed by atoms with Crippen LogP contribution in [0, 0.1) is 18.3 Å². The maximum atomic E-state index is 12.9. The van der Waals surface area contributed by atoms with Crippen LogP contribution in [0.3, 0.4) is 0 Å². The molecule has 1 amide bonds. The smallest absolute Gasteiger partial charge is 0.344 e. The molecule has 1 aromatic heterocycles. The number of carbonyl (C=O) groups is 2. The Hall–Kier alpha value is -4.32. The summed E-state index contributed by atoms with van der Waals surface area (Å²) in [6.45, 7) is 2.70. The molecule has 9 heteroatoms. The molecule has 0 saturated carbocycles. The second-order valence-electron chi connectivity index (χ2n) is 6.98. The molecule has 0 radical (unpaired) electrons. The van der Waals surface area contributed by atoms with Gasteiger partial charge in [-0.05, 0) is 50.2 Å². The van der Waals surface area contributed by atoms with Crippen LogP contribution in [0.1, 0.15) is 18.2 Å². The monoisotopic (exact) mass is 434 g/mol. The first-order valence-corrected chi connectivity index (χ1v) is 9.79. The van der Waals surface area contributed by atoms with Gasteiger partial charge in [-0.15, -0.1) is 0 Å². The number of anilines is 1. The fourth-order valence-corrected chi connectivity index (χ4v) is 2.99. The number of para-hydroxylation sites is 1. The van der Waals surface area contributed by atoms with E-state index in [1.807, 2.05) is 24.3 Å². The van der Waals surface area contributed by atoms with Crippen LogP contribution in [-0.4, -0.2) is 34.0 Å². The van der Waals surface area contributed by atoms with Crippen LogP contribution in [0.25, 0.3) is 5.69 Å². The Kier molecular flexibility index (Phi) is 6.75. The normalized spacial score (nSPS) is 11.3. The van der Waals surface area contributed by atoms with E-state index in [-0.39, 0.29) is 5.69 Å². The topological polar surface area (TPSA) is 115 Å². The minimum absolute atomic E-state index is 0.109. The Labute approximate surface area is 184 Å². The number of amides is 1. The van der Waals surface area contributed by atoms with E-state index in [1.54, 1.807) is 55.1 Å². The molecule has 0 unspecified atom stereocenters. The number of rotatable bonds is 7. The number of esters is 1. The molecule has 0 aliphatic carbocycles. The molecule has 164 valence electrons. The highest BCUT2D eigenvalue weighted by Gasteiger charge is 2.23. The van der Waals surface area contributed by atoms with E-state index in [0.717, 1.165) is 0 Å². The molecule has 32 heavy (non-hydrogen) atoms. The predicted molar refractivity (Wildman–Crippen MR) is 117 cm³/mol. The summed E-state index contributed by atoms with van der Waals surface area (Å²) >= 11 is 0. The molecule has 0 saturated heterocycles. The maximum Gasteiger partial charge on any atom is 0.344 e. The van der Waals surface area contributed by atoms with Crippen LogP contribution in [0.4, 0.5) is 5.69 Å². The maximum absolute atomic E-state index is 12.9. The third-order valence-corrected chi connectivity index (χ3v) is 4.82. The summed E-state index contributed by atoms with van der Waals surface area (Å²) in [5, 5.41) is 11.3. The highest BCUT2D eigenvalue weighted by molar-refractivity contribution is 5.95. The molecular weight excluding hydrogens is 412 g/mol. The van der Waals surface area contributed by atoms with Gasteiger partial charge in [-0.2, -0.15) is 5.26 Å². The quantitative estimate of drug-likeness (QED) is 0.571. The lowest BCUT2D eigenvalue weighted by atomic mass is 10.2. The van der Waals surface area contributed by atoms with Gasteiger partial charge in [0.2, 0.25) is 0 Å². The molecule has 1 N–H and O–H groups in total. The number of aromatic nitrogens is 2. The van der Waals surface area contributed by atoms with Crippen LogP contribution in [-0.2, 0) is 21.4 Å². The lowest BCUT2D eigenvalue weighted by Gasteiger charge is -2.13. The van der Waals surface area contributed by atoms with Gasteiger partial charge in [-0.25, -0.2) is 9.48 Å². The molecule has 3 aromatic rings. The largest absolute Gasteiger partial charge is 0.482 e. The van der Waals surface area contributed by atoms with Crippen LogP contribution in [0.2, 0.25) is 0 Å². The van der Waals surface area contributed by atoms with E-state index in [9.17, 15) is 14.4 Å². The highest BCUT2D eigenvalue weighted by Crippen LogP contribution is 2.15. The molecule has 1 atom stereocenters. The first-order chi connectivity index (χ1) is 15.3. The zero-order chi connectivity index (χ0) is 23.3. The number of benzene rings is 2. The van der Waals surface area contributed by atoms with Gasteiger partial charge in [0.15, 0.2) is 12.7 Å². The molecule has 1 heterocycles. The van der Waals surface area contributed by atoms with Gasteiger partial charge in [-0.1, -0.05) is 18.2 Å². The highest BCUT2D eigenvalue weighted by atomic mass is 16.6. The minimum atomic E-state index is -1.14. The molecule has 0 aliphatic rings. The summed E-state index contributed by atoms with van der Waals surface area (Å²) in [5.41, 5.74) is 1.39. The minimum Gasteiger partial charge on any atom is -0.482 e. The molecule has 0 fully saturated rings. The van der Waals surface area contributed by atoms with Gasteiger partial charge in [-0.3, -0.25) is 14.3 Å². The third kappa shape index (κ3) is 4.87. The van der Waals surface area contributed by atoms with E-state index in [1.165, 1.54) is 11.6 Å². The van der Waals surface area contributed by atoms with Crippen LogP contribution in [0.15, 0.2) is 59.4 Å². The Morgan fingerprint density at radius 3 is 2.41 bits per heavy atom. The molecule has 9 nitrogen and oxygen atoms in total. The Morgan fingerprint density at radius 1 is 1.12 bits per heavy atom. The SMILES string of the molecule is Cc1c(NC(=O)[C@@H](C)OC(=O)COc2ccc(C#N)cc2)c(=O)n(-c2ccccc2)n1C. The molecule has 0 spiro atoms. The van der Waals surface area contributed by atoms with Gasteiger partial charge in [0.1, 0.15) is 11.4 Å². The Balaban J connectivity index is 1.62. The Bertz CT molecular complexity index is 1220. The van der Waals surface area contributed by atoms with Crippen molar-refractivity contribution in [2.24, 2.45) is 7.05 Å². The number of nitrogens with one attached hydrogen (secondary N) is 1. The number of hydrogen-bond donors (Lipinski definition) is 1. The van der Waals surface area contributed by atoms with E-state index in [2.05, 4.69) is 5.32 Å². The molecule has 0 bridgehead atoms. The molecule has 2 aromatic carbocycles. The van der Waals surface area contributed by atoms with Gasteiger partial charge in [0.05, 0.1) is 23.0 Å². The van der Waals surface area contributed by atoms with Crippen molar-refractivity contribution in [1.29, 1.82) is 5.26 Å². The van der Waals surface area contributed by atoms with Crippen molar-refractivity contribution in [3.8, 4) is 17.5 Å². The zero-order valence-corrected chi connectivity index (χ0v) is 17.9. The molecular formula is C23H22N4O5. The van der Waals surface area contributed by atoms with E-state index < -0.39 is 30.1 Å². The average molecular weight is 434 g/mol. The van der Waals surface area contributed by atoms with E-state index >= 15 is 0 Å². The molecule has 3 rings (SSSR count). The lowest BCUT2D eigenvalue weighted by Crippen LogP contribution is -2.33. The fraction of sp³-hybridized carbons (Fsp3) is 0.217. The summed E-state index contributed by atoms with van der Waals surface area (Å²) in [6, 6.07) is 17.2. The summed E-state index contributed by atoms with van der Waals surface area (Å²) in [6.07, 6.45) is -1.14. The predicted octanol–water partition coefficient (Wildman–Crippen LogP) is 2.31. The number of ether oxygens (including phenoxy) is 2. The van der Waals surface area contributed by atoms with Crippen LogP contribution >= 0.6 is 0 Å². The van der Waals surface area contributed by atoms with Crippen LogP contribution < -0.4 is 15.6 Å². The van der Waals surface area contributed by atoms with Crippen LogP contribution in [0.5, 0.6) is 5.75 Å². The average Bonchev–Trinajstić information content (AvgIpc) is 3.01. The lowest BCUT2D eigenvalue weighted by molar-refractivity contribution is -0.155. The van der Waals surface area contributed by atoms with Crippen molar-refractivity contribution in [3.63, 3.8) is 0 Å².